The maximum atomic E-state index is 5.75. The van der Waals surface area contributed by atoms with Gasteiger partial charge in [0.2, 0.25) is 0 Å². The zero-order valence-corrected chi connectivity index (χ0v) is 14.7. The van der Waals surface area contributed by atoms with Crippen molar-refractivity contribution in [3.05, 3.63) is 23.2 Å². The fourth-order valence-corrected chi connectivity index (χ4v) is 3.57. The van der Waals surface area contributed by atoms with Crippen molar-refractivity contribution in [3.63, 3.8) is 0 Å². The molecule has 1 aromatic rings. The van der Waals surface area contributed by atoms with E-state index in [4.69, 9.17) is 4.42 Å². The van der Waals surface area contributed by atoms with Crippen molar-refractivity contribution < 1.29 is 4.42 Å². The fourth-order valence-electron chi connectivity index (χ4n) is 3.57. The van der Waals surface area contributed by atoms with E-state index in [1.165, 1.54) is 5.56 Å². The van der Waals surface area contributed by atoms with Crippen LogP contribution in [0.2, 0.25) is 0 Å². The van der Waals surface area contributed by atoms with Gasteiger partial charge in [0.1, 0.15) is 11.5 Å². The third-order valence-corrected chi connectivity index (χ3v) is 5.02. The Kier molecular flexibility index (Phi) is 5.15. The molecule has 2 heterocycles. The lowest BCUT2D eigenvalue weighted by Crippen LogP contribution is -2.60. The van der Waals surface area contributed by atoms with Gasteiger partial charge in [0.05, 0.1) is 0 Å². The summed E-state index contributed by atoms with van der Waals surface area (Å²) < 4.78 is 5.75. The number of piperazine rings is 1. The van der Waals surface area contributed by atoms with Gasteiger partial charge in [-0.1, -0.05) is 27.7 Å². The molecule has 3 unspecified atom stereocenters. The highest BCUT2D eigenvalue weighted by Crippen LogP contribution is 2.31. The zero-order valence-electron chi connectivity index (χ0n) is 14.7. The van der Waals surface area contributed by atoms with Crippen LogP contribution in [0, 0.1) is 25.7 Å². The number of furan rings is 1. The second-order valence-corrected chi connectivity index (χ2v) is 7.31. The number of nitrogens with one attached hydrogen (secondary N) is 1. The molecule has 1 aromatic heterocycles. The number of rotatable bonds is 4. The Hall–Kier alpha value is -0.800. The van der Waals surface area contributed by atoms with Crippen molar-refractivity contribution in [1.29, 1.82) is 0 Å². The molecular weight excluding hydrogens is 260 g/mol. The van der Waals surface area contributed by atoms with Gasteiger partial charge in [-0.2, -0.15) is 0 Å². The summed E-state index contributed by atoms with van der Waals surface area (Å²) in [6.07, 6.45) is 0. The summed E-state index contributed by atoms with van der Waals surface area (Å²) in [5.41, 5.74) is 1.35. The number of aryl methyl sites for hydroxylation is 2. The molecule has 3 heteroatoms. The predicted octanol–water partition coefficient (Wildman–Crippen LogP) is 3.91. The highest BCUT2D eigenvalue weighted by Gasteiger charge is 2.35. The molecule has 0 bridgehead atoms. The van der Waals surface area contributed by atoms with Gasteiger partial charge in [0.15, 0.2) is 0 Å². The summed E-state index contributed by atoms with van der Waals surface area (Å²) in [5.74, 6) is 3.41. The Bertz CT molecular complexity index is 464. The first-order chi connectivity index (χ1) is 9.81. The molecule has 120 valence electrons. The molecule has 3 atom stereocenters. The van der Waals surface area contributed by atoms with E-state index in [0.29, 0.717) is 30.0 Å². The van der Waals surface area contributed by atoms with E-state index >= 15 is 0 Å². The Labute approximate surface area is 130 Å². The Morgan fingerprint density at radius 2 is 1.81 bits per heavy atom. The monoisotopic (exact) mass is 292 g/mol. The second kappa shape index (κ2) is 6.53. The summed E-state index contributed by atoms with van der Waals surface area (Å²) in [4.78, 5) is 2.68. The summed E-state index contributed by atoms with van der Waals surface area (Å²) in [7, 11) is 0. The van der Waals surface area contributed by atoms with Crippen molar-refractivity contribution in [2.75, 3.05) is 13.1 Å². The van der Waals surface area contributed by atoms with Crippen LogP contribution >= 0.6 is 0 Å². The molecule has 3 nitrogen and oxygen atoms in total. The first-order valence-corrected chi connectivity index (χ1v) is 8.37. The summed E-state index contributed by atoms with van der Waals surface area (Å²) in [6, 6.07) is 3.79. The van der Waals surface area contributed by atoms with Crippen molar-refractivity contribution >= 4 is 0 Å². The van der Waals surface area contributed by atoms with Crippen LogP contribution in [0.5, 0.6) is 0 Å². The molecule has 0 spiro atoms. The maximum absolute atomic E-state index is 5.75. The van der Waals surface area contributed by atoms with E-state index in [0.717, 1.165) is 24.6 Å². The van der Waals surface area contributed by atoms with Crippen molar-refractivity contribution in [2.24, 2.45) is 11.8 Å². The SMILES string of the molecule is Cc1cc(C(C)N2CC(C(C)C)NCC2C(C)C)c(C)o1. The summed E-state index contributed by atoms with van der Waals surface area (Å²) in [6.45, 7) is 17.9. The van der Waals surface area contributed by atoms with Gasteiger partial charge < -0.3 is 9.73 Å². The molecular formula is C18H32N2O. The molecule has 0 amide bonds. The molecule has 1 aliphatic rings. The Balaban J connectivity index is 2.24. The zero-order chi connectivity index (χ0) is 15.7. The minimum absolute atomic E-state index is 0.415. The highest BCUT2D eigenvalue weighted by atomic mass is 16.3. The van der Waals surface area contributed by atoms with Crippen LogP contribution in [0.15, 0.2) is 10.5 Å². The van der Waals surface area contributed by atoms with Gasteiger partial charge in [-0.25, -0.2) is 0 Å². The molecule has 0 aromatic carbocycles. The molecule has 1 aliphatic heterocycles. The van der Waals surface area contributed by atoms with Crippen LogP contribution in [0.25, 0.3) is 0 Å². The van der Waals surface area contributed by atoms with E-state index < -0.39 is 0 Å². The van der Waals surface area contributed by atoms with Gasteiger partial charge in [0.25, 0.3) is 0 Å². The summed E-state index contributed by atoms with van der Waals surface area (Å²) >= 11 is 0. The van der Waals surface area contributed by atoms with Crippen LogP contribution in [-0.4, -0.2) is 30.1 Å². The molecule has 0 aliphatic carbocycles. The normalized spacial score (nSPS) is 25.8. The van der Waals surface area contributed by atoms with Gasteiger partial charge >= 0.3 is 0 Å². The molecule has 0 radical (unpaired) electrons. The fraction of sp³-hybridized carbons (Fsp3) is 0.778. The summed E-state index contributed by atoms with van der Waals surface area (Å²) in [5, 5.41) is 3.74. The standard InChI is InChI=1S/C18H32N2O/c1-11(2)17-10-20(18(9-19-17)12(3)4)14(6)16-8-13(5)21-15(16)7/h8,11-12,14,17-19H,9-10H2,1-7H3. The van der Waals surface area contributed by atoms with E-state index in [1.54, 1.807) is 0 Å². The predicted molar refractivity (Wildman–Crippen MR) is 88.6 cm³/mol. The lowest BCUT2D eigenvalue weighted by Gasteiger charge is -2.46. The quantitative estimate of drug-likeness (QED) is 0.912. The van der Waals surface area contributed by atoms with Gasteiger partial charge in [-0.05, 0) is 38.7 Å². The first kappa shape index (κ1) is 16.6. The average Bonchev–Trinajstić information content (AvgIpc) is 2.76. The van der Waals surface area contributed by atoms with Crippen LogP contribution in [0.3, 0.4) is 0 Å². The van der Waals surface area contributed by atoms with E-state index in [-0.39, 0.29) is 0 Å². The first-order valence-electron chi connectivity index (χ1n) is 8.37. The topological polar surface area (TPSA) is 28.4 Å². The van der Waals surface area contributed by atoms with Crippen LogP contribution in [0.4, 0.5) is 0 Å². The lowest BCUT2D eigenvalue weighted by molar-refractivity contribution is 0.0508. The lowest BCUT2D eigenvalue weighted by atomic mass is 9.91. The van der Waals surface area contributed by atoms with Crippen LogP contribution < -0.4 is 5.32 Å². The minimum atomic E-state index is 0.415. The van der Waals surface area contributed by atoms with E-state index in [2.05, 4.69) is 57.8 Å². The second-order valence-electron chi connectivity index (χ2n) is 7.31. The molecule has 2 rings (SSSR count). The Morgan fingerprint density at radius 1 is 1.14 bits per heavy atom. The molecule has 21 heavy (non-hydrogen) atoms. The van der Waals surface area contributed by atoms with Crippen molar-refractivity contribution in [1.82, 2.24) is 10.2 Å². The van der Waals surface area contributed by atoms with Gasteiger partial charge in [-0.3, -0.25) is 4.90 Å². The highest BCUT2D eigenvalue weighted by molar-refractivity contribution is 5.24. The third-order valence-electron chi connectivity index (χ3n) is 5.02. The maximum Gasteiger partial charge on any atom is 0.105 e. The molecule has 1 fully saturated rings. The van der Waals surface area contributed by atoms with Crippen molar-refractivity contribution in [3.8, 4) is 0 Å². The average molecular weight is 292 g/mol. The minimum Gasteiger partial charge on any atom is -0.466 e. The number of hydrogen-bond acceptors (Lipinski definition) is 3. The van der Waals surface area contributed by atoms with Gasteiger partial charge in [0, 0.05) is 36.8 Å². The van der Waals surface area contributed by atoms with Crippen LogP contribution in [-0.2, 0) is 0 Å². The molecule has 1 N–H and O–H groups in total. The van der Waals surface area contributed by atoms with E-state index in [1.807, 2.05) is 6.92 Å². The van der Waals surface area contributed by atoms with Crippen LogP contribution in [0.1, 0.15) is 57.7 Å². The smallest absolute Gasteiger partial charge is 0.105 e. The molecule has 0 saturated carbocycles. The number of hydrogen-bond donors (Lipinski definition) is 1. The molecule has 1 saturated heterocycles. The van der Waals surface area contributed by atoms with Crippen molar-refractivity contribution in [2.45, 2.75) is 66.6 Å². The number of nitrogens with zero attached hydrogens (tertiary/aromatic N) is 1. The largest absolute Gasteiger partial charge is 0.466 e. The van der Waals surface area contributed by atoms with E-state index in [9.17, 15) is 0 Å². The third kappa shape index (κ3) is 3.51. The van der Waals surface area contributed by atoms with Gasteiger partial charge in [-0.15, -0.1) is 0 Å². The Morgan fingerprint density at radius 3 is 2.29 bits per heavy atom.